The number of phenols is 1. The lowest BCUT2D eigenvalue weighted by molar-refractivity contribution is -0.125. The molecule has 1 saturated carbocycles. The Labute approximate surface area is 339 Å². The fraction of sp³-hybridized carbons (Fsp3) is 0.186. The topological polar surface area (TPSA) is 121 Å². The monoisotopic (exact) mass is 843 g/mol. The Kier molecular flexibility index (Phi) is 7.99. The van der Waals surface area contributed by atoms with Crippen molar-refractivity contribution in [2.24, 2.45) is 17.8 Å². The predicted molar refractivity (Wildman–Crippen MR) is 204 cm³/mol. The van der Waals surface area contributed by atoms with E-state index in [1.807, 2.05) is 6.07 Å². The minimum Gasteiger partial charge on any atom is -0.507 e. The number of anilines is 2. The van der Waals surface area contributed by atoms with E-state index in [4.69, 9.17) is 27.6 Å². The minimum atomic E-state index is -2.72. The number of imide groups is 2. The van der Waals surface area contributed by atoms with Gasteiger partial charge in [-0.3, -0.25) is 24.1 Å². The number of carbonyl (C=O) groups is 4. The highest BCUT2D eigenvalue weighted by molar-refractivity contribution is 6.58. The minimum absolute atomic E-state index is 0.0448. The summed E-state index contributed by atoms with van der Waals surface area (Å²) in [7, 11) is 0. The maximum atomic E-state index is 15.5. The lowest BCUT2D eigenvalue weighted by Crippen LogP contribution is -2.60. The molecule has 4 aliphatic rings. The van der Waals surface area contributed by atoms with Crippen LogP contribution in [0.15, 0.2) is 101 Å². The number of alkyl halides is 2. The third kappa shape index (κ3) is 4.81. The van der Waals surface area contributed by atoms with Crippen LogP contribution in [0.2, 0.25) is 0 Å². The molecular formula is C43H24Cl2F5N3O6. The summed E-state index contributed by atoms with van der Waals surface area (Å²) in [6.45, 7) is 0. The highest BCUT2D eigenvalue weighted by Crippen LogP contribution is 2.66. The van der Waals surface area contributed by atoms with Gasteiger partial charge in [-0.05, 0) is 72.2 Å². The van der Waals surface area contributed by atoms with Gasteiger partial charge in [-0.15, -0.1) is 23.2 Å². The van der Waals surface area contributed by atoms with E-state index >= 15 is 8.78 Å². The zero-order valence-corrected chi connectivity index (χ0v) is 31.4. The zero-order valence-electron chi connectivity index (χ0n) is 29.9. The SMILES string of the molecule is O=C1[C@H]2[C@H](CC=C3[C@H]2C[C@@]2(Cl)C(=O)N(c4c(F)c(F)c(F)c(F)c4F)C(=O)[C@@]2(Cl)[C@H]3c2ccc(O)c3ccccc23)C(=O)N1c1ccc(-c2nc3ccccc3o2)cc1. The number of nitrogens with zero attached hydrogens (tertiary/aromatic N) is 3. The second kappa shape index (κ2) is 12.7. The van der Waals surface area contributed by atoms with E-state index in [0.717, 1.165) is 4.90 Å². The van der Waals surface area contributed by atoms with Crippen LogP contribution in [-0.4, -0.2) is 43.5 Å². The van der Waals surface area contributed by atoms with Gasteiger partial charge in [0.25, 0.3) is 11.8 Å². The molecule has 5 aromatic carbocycles. The largest absolute Gasteiger partial charge is 0.507 e. The van der Waals surface area contributed by atoms with Crippen molar-refractivity contribution in [3.05, 3.63) is 131 Å². The number of phenolic OH excluding ortho intramolecular Hbond substituents is 1. The van der Waals surface area contributed by atoms with E-state index in [2.05, 4.69) is 4.98 Å². The number of fused-ring (bicyclic) bond motifs is 6. The fourth-order valence-corrected chi connectivity index (χ4v) is 10.4. The number of carbonyl (C=O) groups excluding carboxylic acids is 4. The summed E-state index contributed by atoms with van der Waals surface area (Å²) in [5.41, 5.74) is 0.572. The van der Waals surface area contributed by atoms with Gasteiger partial charge in [-0.2, -0.15) is 0 Å². The van der Waals surface area contributed by atoms with Crippen molar-refractivity contribution in [2.75, 3.05) is 9.80 Å². The van der Waals surface area contributed by atoms with Crippen molar-refractivity contribution in [1.82, 2.24) is 4.98 Å². The number of allylic oxidation sites excluding steroid dienone is 2. The van der Waals surface area contributed by atoms with Gasteiger partial charge in [0.05, 0.1) is 17.5 Å². The number of amides is 4. The normalized spacial score (nSPS) is 26.5. The van der Waals surface area contributed by atoms with Crippen LogP contribution in [0.25, 0.3) is 33.3 Å². The molecule has 1 aromatic heterocycles. The van der Waals surface area contributed by atoms with Crippen molar-refractivity contribution >= 4 is 80.1 Å². The summed E-state index contributed by atoms with van der Waals surface area (Å²) in [5.74, 6) is -21.4. The summed E-state index contributed by atoms with van der Waals surface area (Å²) in [5, 5.41) is 11.4. The Morgan fingerprint density at radius 1 is 0.712 bits per heavy atom. The molecule has 296 valence electrons. The fourth-order valence-electron chi connectivity index (χ4n) is 9.47. The number of hydrogen-bond acceptors (Lipinski definition) is 7. The van der Waals surface area contributed by atoms with Gasteiger partial charge in [0.15, 0.2) is 38.6 Å². The second-order valence-corrected chi connectivity index (χ2v) is 16.2. The summed E-state index contributed by atoms with van der Waals surface area (Å²) in [6, 6.07) is 22.6. The predicted octanol–water partition coefficient (Wildman–Crippen LogP) is 8.82. The van der Waals surface area contributed by atoms with Gasteiger partial charge in [-0.1, -0.05) is 54.1 Å². The molecule has 4 amide bonds. The summed E-state index contributed by atoms with van der Waals surface area (Å²) < 4.78 is 80.2. The number of aromatic hydroxyl groups is 1. The molecule has 9 nitrogen and oxygen atoms in total. The van der Waals surface area contributed by atoms with E-state index in [0.29, 0.717) is 27.9 Å². The average molecular weight is 845 g/mol. The number of hydrogen-bond donors (Lipinski definition) is 1. The zero-order chi connectivity index (χ0) is 41.4. The molecule has 0 bridgehead atoms. The molecule has 0 radical (unpaired) electrons. The van der Waals surface area contributed by atoms with Crippen LogP contribution in [0.3, 0.4) is 0 Å². The highest BCUT2D eigenvalue weighted by atomic mass is 35.5. The van der Waals surface area contributed by atoms with E-state index in [1.54, 1.807) is 72.8 Å². The summed E-state index contributed by atoms with van der Waals surface area (Å²) in [4.78, 5) is 58.0. The molecule has 6 aromatic rings. The molecule has 2 saturated heterocycles. The molecule has 0 spiro atoms. The first-order chi connectivity index (χ1) is 28.2. The molecule has 6 atom stereocenters. The first kappa shape index (κ1) is 37.2. The molecule has 3 heterocycles. The number of benzene rings is 5. The van der Waals surface area contributed by atoms with Gasteiger partial charge >= 0.3 is 0 Å². The second-order valence-electron chi connectivity index (χ2n) is 15.0. The number of rotatable bonds is 4. The van der Waals surface area contributed by atoms with E-state index in [-0.39, 0.29) is 39.3 Å². The molecule has 3 fully saturated rings. The molecule has 59 heavy (non-hydrogen) atoms. The van der Waals surface area contributed by atoms with Crippen molar-refractivity contribution in [1.29, 1.82) is 0 Å². The first-order valence-corrected chi connectivity index (χ1v) is 19.0. The van der Waals surface area contributed by atoms with Crippen molar-refractivity contribution in [3.8, 4) is 17.2 Å². The smallest absolute Gasteiger partial charge is 0.258 e. The number of oxazole rings is 1. The van der Waals surface area contributed by atoms with E-state index in [1.165, 1.54) is 12.1 Å². The van der Waals surface area contributed by atoms with Crippen LogP contribution in [0, 0.1) is 46.8 Å². The molecule has 10 rings (SSSR count). The lowest BCUT2D eigenvalue weighted by Gasteiger charge is -2.51. The maximum absolute atomic E-state index is 15.5. The molecule has 16 heteroatoms. The first-order valence-electron chi connectivity index (χ1n) is 18.2. The van der Waals surface area contributed by atoms with Crippen LogP contribution >= 0.6 is 23.2 Å². The van der Waals surface area contributed by atoms with Crippen LogP contribution in [0.5, 0.6) is 5.75 Å². The lowest BCUT2D eigenvalue weighted by atomic mass is 9.56. The van der Waals surface area contributed by atoms with Crippen molar-refractivity contribution in [3.63, 3.8) is 0 Å². The molecule has 2 aliphatic heterocycles. The van der Waals surface area contributed by atoms with Crippen molar-refractivity contribution < 1.29 is 50.7 Å². The Hall–Kier alpha value is -6.12. The van der Waals surface area contributed by atoms with Gasteiger partial charge in [0.2, 0.25) is 23.5 Å². The van der Waals surface area contributed by atoms with Gasteiger partial charge < -0.3 is 9.52 Å². The van der Waals surface area contributed by atoms with Crippen molar-refractivity contribution in [2.45, 2.75) is 28.5 Å². The van der Waals surface area contributed by atoms with Crippen LogP contribution in [0.1, 0.15) is 24.3 Å². The standard InChI is InChI=1S/C43H24Cl2F5N3O6/c44-42-17-25-23(13-14-24-29(25)39(56)52(38(24)55)19-11-9-18(10-12-19)37-51-26-7-3-4-8-28(26)59-37)30(22-15-16-27(54)21-6-2-1-5-20(21)22)43(42,45)41(58)53(40(42)57)36-34(49)32(47)31(46)33(48)35(36)50/h1-13,15-16,24-25,29-30,54H,14,17H2/t24-,25+,29-,30-,42+,43-/m0/s1. The maximum Gasteiger partial charge on any atom is 0.258 e. The molecule has 0 unspecified atom stereocenters. The van der Waals surface area contributed by atoms with Crippen LogP contribution in [-0.2, 0) is 19.2 Å². The van der Waals surface area contributed by atoms with Gasteiger partial charge in [0, 0.05) is 16.9 Å². The van der Waals surface area contributed by atoms with Gasteiger partial charge in [0.1, 0.15) is 17.0 Å². The third-order valence-corrected chi connectivity index (χ3v) is 13.5. The summed E-state index contributed by atoms with van der Waals surface area (Å²) >= 11 is 14.6. The van der Waals surface area contributed by atoms with Gasteiger partial charge in [-0.25, -0.2) is 31.8 Å². The Balaban J connectivity index is 1.11. The molecular weight excluding hydrogens is 820 g/mol. The highest BCUT2D eigenvalue weighted by Gasteiger charge is 2.77. The summed E-state index contributed by atoms with van der Waals surface area (Å²) in [6.07, 6.45) is 0.914. The van der Waals surface area contributed by atoms with E-state index in [9.17, 15) is 37.5 Å². The number of aromatic nitrogens is 1. The number of halogens is 7. The van der Waals surface area contributed by atoms with Crippen LogP contribution < -0.4 is 9.80 Å². The van der Waals surface area contributed by atoms with Crippen LogP contribution in [0.4, 0.5) is 33.3 Å². The number of para-hydroxylation sites is 2. The quantitative estimate of drug-likeness (QED) is 0.0471. The Morgan fingerprint density at radius 3 is 2.05 bits per heavy atom. The Morgan fingerprint density at radius 2 is 1.36 bits per heavy atom. The van der Waals surface area contributed by atoms with E-state index < -0.39 is 98.2 Å². The molecule has 1 N–H and O–H groups in total. The Bertz CT molecular complexity index is 2880. The average Bonchev–Trinajstić information content (AvgIpc) is 3.83. The third-order valence-electron chi connectivity index (χ3n) is 12.1. The molecule has 2 aliphatic carbocycles.